The monoisotopic (exact) mass is 463 g/mol. The SMILES string of the molecule is CN(C)CCCN(C(=O)c1ccc2c(c1)CCCC2)c1nc2c(Cl)cccc2s1.Cl. The molecule has 0 radical (unpaired) electrons. The van der Waals surface area contributed by atoms with Gasteiger partial charge in [-0.05, 0) is 88.1 Å². The van der Waals surface area contributed by atoms with Crippen molar-refractivity contribution in [3.63, 3.8) is 0 Å². The standard InChI is InChI=1S/C23H26ClN3OS.ClH/c1-26(2)13-6-14-27(23-25-21-19(24)9-5-10-20(21)29-23)22(28)18-12-11-16-7-3-4-8-17(16)15-18;/h5,9-12,15H,3-4,6-8,13-14H2,1-2H3;1H. The van der Waals surface area contributed by atoms with E-state index >= 15 is 0 Å². The first-order chi connectivity index (χ1) is 14.0. The van der Waals surface area contributed by atoms with Crippen LogP contribution in [0, 0.1) is 0 Å². The second-order valence-corrected chi connectivity index (χ2v) is 9.30. The van der Waals surface area contributed by atoms with Gasteiger partial charge in [0.05, 0.1) is 9.72 Å². The summed E-state index contributed by atoms with van der Waals surface area (Å²) in [5, 5.41) is 1.34. The second-order valence-electron chi connectivity index (χ2n) is 7.89. The van der Waals surface area contributed by atoms with Gasteiger partial charge in [-0.15, -0.1) is 12.4 Å². The number of nitrogens with zero attached hydrogens (tertiary/aromatic N) is 3. The van der Waals surface area contributed by atoms with Gasteiger partial charge in [0.25, 0.3) is 5.91 Å². The third-order valence-corrected chi connectivity index (χ3v) is 6.77. The average molecular weight is 464 g/mol. The van der Waals surface area contributed by atoms with Gasteiger partial charge in [0.2, 0.25) is 0 Å². The van der Waals surface area contributed by atoms with Crippen molar-refractivity contribution in [2.45, 2.75) is 32.1 Å². The molecule has 160 valence electrons. The van der Waals surface area contributed by atoms with Crippen LogP contribution in [0.15, 0.2) is 36.4 Å². The van der Waals surface area contributed by atoms with Crippen LogP contribution in [0.4, 0.5) is 5.13 Å². The zero-order chi connectivity index (χ0) is 20.4. The highest BCUT2D eigenvalue weighted by atomic mass is 35.5. The minimum absolute atomic E-state index is 0. The topological polar surface area (TPSA) is 36.4 Å². The quantitative estimate of drug-likeness (QED) is 0.459. The van der Waals surface area contributed by atoms with Crippen molar-refractivity contribution in [3.05, 3.63) is 58.1 Å². The number of hydrogen-bond donors (Lipinski definition) is 0. The zero-order valence-electron chi connectivity index (χ0n) is 17.4. The Morgan fingerprint density at radius 2 is 1.87 bits per heavy atom. The summed E-state index contributed by atoms with van der Waals surface area (Å²) in [6, 6.07) is 12.0. The predicted molar refractivity (Wildman–Crippen MR) is 130 cm³/mol. The smallest absolute Gasteiger partial charge is 0.260 e. The number of carbonyl (C=O) groups is 1. The summed E-state index contributed by atoms with van der Waals surface area (Å²) in [5.41, 5.74) is 4.23. The Labute approximate surface area is 193 Å². The predicted octanol–water partition coefficient (Wildman–Crippen LogP) is 5.85. The van der Waals surface area contributed by atoms with Crippen LogP contribution < -0.4 is 4.90 Å². The third kappa shape index (κ3) is 4.97. The molecule has 2 aromatic carbocycles. The molecule has 1 amide bonds. The Balaban J connectivity index is 0.00000256. The summed E-state index contributed by atoms with van der Waals surface area (Å²) in [6.07, 6.45) is 5.50. The second kappa shape index (κ2) is 10.1. The number of anilines is 1. The van der Waals surface area contributed by atoms with Crippen molar-refractivity contribution in [1.82, 2.24) is 9.88 Å². The molecule has 3 aromatic rings. The number of aryl methyl sites for hydroxylation is 2. The van der Waals surface area contributed by atoms with Crippen molar-refractivity contribution in [2.24, 2.45) is 0 Å². The number of thiazole rings is 1. The van der Waals surface area contributed by atoms with Crippen LogP contribution in [0.1, 0.15) is 40.7 Å². The van der Waals surface area contributed by atoms with E-state index in [-0.39, 0.29) is 18.3 Å². The van der Waals surface area contributed by atoms with Crippen molar-refractivity contribution < 1.29 is 4.79 Å². The number of benzene rings is 2. The maximum Gasteiger partial charge on any atom is 0.260 e. The lowest BCUT2D eigenvalue weighted by molar-refractivity contribution is 0.0986. The highest BCUT2D eigenvalue weighted by molar-refractivity contribution is 7.22. The van der Waals surface area contributed by atoms with Crippen LogP contribution in [0.3, 0.4) is 0 Å². The van der Waals surface area contributed by atoms with E-state index in [1.54, 1.807) is 0 Å². The fourth-order valence-corrected chi connectivity index (χ4v) is 5.16. The van der Waals surface area contributed by atoms with Crippen LogP contribution in [0.5, 0.6) is 0 Å². The first kappa shape index (κ1) is 23.0. The lowest BCUT2D eigenvalue weighted by Crippen LogP contribution is -2.33. The molecule has 0 unspecified atom stereocenters. The van der Waals surface area contributed by atoms with Gasteiger partial charge in [-0.1, -0.05) is 35.1 Å². The molecule has 1 aliphatic rings. The van der Waals surface area contributed by atoms with Gasteiger partial charge in [-0.2, -0.15) is 0 Å². The van der Waals surface area contributed by atoms with Gasteiger partial charge in [-0.3, -0.25) is 9.69 Å². The number of amides is 1. The van der Waals surface area contributed by atoms with E-state index < -0.39 is 0 Å². The molecule has 0 spiro atoms. The molecular weight excluding hydrogens is 437 g/mol. The van der Waals surface area contributed by atoms with Crippen LogP contribution in [0.25, 0.3) is 10.2 Å². The van der Waals surface area contributed by atoms with Crippen LogP contribution in [-0.4, -0.2) is 43.0 Å². The maximum absolute atomic E-state index is 13.5. The molecule has 0 N–H and O–H groups in total. The summed E-state index contributed by atoms with van der Waals surface area (Å²) in [4.78, 5) is 22.2. The van der Waals surface area contributed by atoms with E-state index in [0.717, 1.165) is 46.7 Å². The van der Waals surface area contributed by atoms with E-state index in [9.17, 15) is 4.79 Å². The summed E-state index contributed by atoms with van der Waals surface area (Å²) in [7, 11) is 4.10. The number of fused-ring (bicyclic) bond motifs is 2. The Morgan fingerprint density at radius 3 is 2.60 bits per heavy atom. The number of carbonyl (C=O) groups excluding carboxylic acids is 1. The molecule has 0 saturated heterocycles. The highest BCUT2D eigenvalue weighted by Gasteiger charge is 2.23. The maximum atomic E-state index is 13.5. The molecule has 30 heavy (non-hydrogen) atoms. The minimum Gasteiger partial charge on any atom is -0.309 e. The van der Waals surface area contributed by atoms with Gasteiger partial charge in [0.1, 0.15) is 5.52 Å². The van der Waals surface area contributed by atoms with Gasteiger partial charge >= 0.3 is 0 Å². The third-order valence-electron chi connectivity index (χ3n) is 5.42. The first-order valence-electron chi connectivity index (χ1n) is 10.2. The lowest BCUT2D eigenvalue weighted by atomic mass is 9.90. The molecule has 7 heteroatoms. The number of hydrogen-bond acceptors (Lipinski definition) is 4. The van der Waals surface area contributed by atoms with Crippen molar-refractivity contribution in [2.75, 3.05) is 32.1 Å². The Hall–Kier alpha value is -1.66. The molecule has 0 fully saturated rings. The van der Waals surface area contributed by atoms with Crippen LogP contribution >= 0.6 is 35.3 Å². The van der Waals surface area contributed by atoms with Gasteiger partial charge < -0.3 is 4.90 Å². The van der Waals surface area contributed by atoms with E-state index in [0.29, 0.717) is 11.6 Å². The minimum atomic E-state index is 0. The largest absolute Gasteiger partial charge is 0.309 e. The average Bonchev–Trinajstić information content (AvgIpc) is 3.15. The van der Waals surface area contributed by atoms with E-state index in [4.69, 9.17) is 16.6 Å². The normalized spacial score (nSPS) is 13.2. The molecule has 0 atom stereocenters. The molecule has 0 bridgehead atoms. The molecule has 1 aliphatic carbocycles. The zero-order valence-corrected chi connectivity index (χ0v) is 19.7. The fraction of sp³-hybridized carbons (Fsp3) is 0.391. The van der Waals surface area contributed by atoms with Crippen LogP contribution in [0.2, 0.25) is 5.02 Å². The molecule has 4 rings (SSSR count). The van der Waals surface area contributed by atoms with E-state index in [1.807, 2.05) is 43.3 Å². The van der Waals surface area contributed by atoms with Crippen molar-refractivity contribution in [3.8, 4) is 0 Å². The molecule has 0 aliphatic heterocycles. The van der Waals surface area contributed by atoms with E-state index in [1.165, 1.54) is 35.3 Å². The fourth-order valence-electron chi connectivity index (χ4n) is 3.87. The molecule has 1 heterocycles. The van der Waals surface area contributed by atoms with E-state index in [2.05, 4.69) is 17.0 Å². The van der Waals surface area contributed by atoms with Crippen molar-refractivity contribution in [1.29, 1.82) is 0 Å². The first-order valence-corrected chi connectivity index (χ1v) is 11.4. The van der Waals surface area contributed by atoms with Gasteiger partial charge in [-0.25, -0.2) is 4.98 Å². The molecule has 1 aromatic heterocycles. The Bertz CT molecular complexity index is 1030. The number of halogens is 2. The van der Waals surface area contributed by atoms with Crippen LogP contribution in [-0.2, 0) is 12.8 Å². The molecular formula is C23H27Cl2N3OS. The summed E-state index contributed by atoms with van der Waals surface area (Å²) in [6.45, 7) is 1.55. The number of rotatable bonds is 6. The summed E-state index contributed by atoms with van der Waals surface area (Å²) >= 11 is 7.86. The highest BCUT2D eigenvalue weighted by Crippen LogP contribution is 2.34. The Morgan fingerprint density at radius 1 is 1.10 bits per heavy atom. The summed E-state index contributed by atoms with van der Waals surface area (Å²) < 4.78 is 1.00. The van der Waals surface area contributed by atoms with Crippen molar-refractivity contribution >= 4 is 56.6 Å². The lowest BCUT2D eigenvalue weighted by Gasteiger charge is -2.22. The van der Waals surface area contributed by atoms with Gasteiger partial charge in [0, 0.05) is 12.1 Å². The molecule has 4 nitrogen and oxygen atoms in total. The summed E-state index contributed by atoms with van der Waals surface area (Å²) in [5.74, 6) is 0.0207. The number of aromatic nitrogens is 1. The van der Waals surface area contributed by atoms with Gasteiger partial charge in [0.15, 0.2) is 5.13 Å². The number of para-hydroxylation sites is 1. The Kier molecular flexibility index (Phi) is 7.75. The molecule has 0 saturated carbocycles.